The van der Waals surface area contributed by atoms with Crippen LogP contribution < -0.4 is 0 Å². The molecular formula is C14H18N4O4. The fourth-order valence-electron chi connectivity index (χ4n) is 2.38. The van der Waals surface area contributed by atoms with Crippen LogP contribution in [0.1, 0.15) is 5.89 Å². The molecule has 2 aromatic rings. The van der Waals surface area contributed by atoms with Crippen LogP contribution in [0.25, 0.3) is 11.7 Å². The third kappa shape index (κ3) is 3.34. The standard InChI is InChI=1S/C14H18N4O4/c1-20-10-13(19)18-6-4-17(5-7-18)9-12-15-16-14(22-12)11-3-2-8-21-11/h2-3,8H,4-7,9-10H2,1H3. The fourth-order valence-corrected chi connectivity index (χ4v) is 2.38. The Balaban J connectivity index is 1.52. The molecular weight excluding hydrogens is 288 g/mol. The molecule has 1 aliphatic heterocycles. The van der Waals surface area contributed by atoms with Gasteiger partial charge in [0.1, 0.15) is 6.61 Å². The number of hydrogen-bond acceptors (Lipinski definition) is 7. The molecule has 118 valence electrons. The highest BCUT2D eigenvalue weighted by Gasteiger charge is 2.22. The van der Waals surface area contributed by atoms with Crippen LogP contribution in [0, 0.1) is 0 Å². The summed E-state index contributed by atoms with van der Waals surface area (Å²) in [6, 6.07) is 3.55. The lowest BCUT2D eigenvalue weighted by atomic mass is 10.3. The first-order valence-electron chi connectivity index (χ1n) is 7.11. The smallest absolute Gasteiger partial charge is 0.283 e. The van der Waals surface area contributed by atoms with E-state index in [0.29, 0.717) is 37.2 Å². The number of methoxy groups -OCH3 is 1. The maximum absolute atomic E-state index is 11.7. The van der Waals surface area contributed by atoms with E-state index in [-0.39, 0.29) is 12.5 Å². The number of aromatic nitrogens is 2. The summed E-state index contributed by atoms with van der Waals surface area (Å²) in [5.41, 5.74) is 0. The van der Waals surface area contributed by atoms with Crippen molar-refractivity contribution in [3.63, 3.8) is 0 Å². The third-order valence-corrected chi connectivity index (χ3v) is 3.55. The lowest BCUT2D eigenvalue weighted by molar-refractivity contribution is -0.137. The van der Waals surface area contributed by atoms with Gasteiger partial charge in [0.05, 0.1) is 12.8 Å². The van der Waals surface area contributed by atoms with Gasteiger partial charge < -0.3 is 18.5 Å². The van der Waals surface area contributed by atoms with Gasteiger partial charge in [-0.15, -0.1) is 10.2 Å². The second-order valence-electron chi connectivity index (χ2n) is 5.07. The molecule has 0 aliphatic carbocycles. The van der Waals surface area contributed by atoms with Crippen LogP contribution in [-0.4, -0.2) is 65.8 Å². The molecule has 0 bridgehead atoms. The zero-order valence-electron chi connectivity index (χ0n) is 12.4. The summed E-state index contributed by atoms with van der Waals surface area (Å²) < 4.78 is 15.7. The minimum atomic E-state index is 0.0278. The highest BCUT2D eigenvalue weighted by Crippen LogP contribution is 2.18. The fraction of sp³-hybridized carbons (Fsp3) is 0.500. The largest absolute Gasteiger partial charge is 0.459 e. The predicted molar refractivity (Wildman–Crippen MR) is 75.7 cm³/mol. The number of carbonyl (C=O) groups is 1. The van der Waals surface area contributed by atoms with Crippen LogP contribution in [0.5, 0.6) is 0 Å². The molecule has 0 saturated carbocycles. The van der Waals surface area contributed by atoms with Crippen LogP contribution >= 0.6 is 0 Å². The highest BCUT2D eigenvalue weighted by atomic mass is 16.5. The van der Waals surface area contributed by atoms with Crippen molar-refractivity contribution in [2.75, 3.05) is 39.9 Å². The lowest BCUT2D eigenvalue weighted by Gasteiger charge is -2.33. The monoisotopic (exact) mass is 306 g/mol. The van der Waals surface area contributed by atoms with Crippen molar-refractivity contribution in [3.8, 4) is 11.7 Å². The van der Waals surface area contributed by atoms with Gasteiger partial charge in [-0.1, -0.05) is 0 Å². The Bertz CT molecular complexity index is 602. The number of ether oxygens (including phenoxy) is 1. The van der Waals surface area contributed by atoms with E-state index in [1.807, 2.05) is 4.90 Å². The Morgan fingerprint density at radius 3 is 2.82 bits per heavy atom. The predicted octanol–water partition coefficient (Wildman–Crippen LogP) is 0.620. The maximum atomic E-state index is 11.7. The molecule has 22 heavy (non-hydrogen) atoms. The summed E-state index contributed by atoms with van der Waals surface area (Å²) in [4.78, 5) is 15.7. The third-order valence-electron chi connectivity index (χ3n) is 3.55. The number of carbonyl (C=O) groups excluding carboxylic acids is 1. The van der Waals surface area contributed by atoms with E-state index in [4.69, 9.17) is 13.6 Å². The van der Waals surface area contributed by atoms with Crippen LogP contribution in [0.3, 0.4) is 0 Å². The molecule has 8 heteroatoms. The maximum Gasteiger partial charge on any atom is 0.283 e. The number of nitrogens with zero attached hydrogens (tertiary/aromatic N) is 4. The van der Waals surface area contributed by atoms with Crippen molar-refractivity contribution in [2.45, 2.75) is 6.54 Å². The summed E-state index contributed by atoms with van der Waals surface area (Å²) >= 11 is 0. The average Bonchev–Trinajstić information content (AvgIpc) is 3.19. The first-order valence-corrected chi connectivity index (χ1v) is 7.11. The molecule has 0 spiro atoms. The van der Waals surface area contributed by atoms with E-state index in [1.54, 1.807) is 18.4 Å². The number of piperazine rings is 1. The molecule has 1 fully saturated rings. The topological polar surface area (TPSA) is 84.8 Å². The Hall–Kier alpha value is -2.19. The Kier molecular flexibility index (Phi) is 4.50. The van der Waals surface area contributed by atoms with E-state index in [1.165, 1.54) is 7.11 Å². The summed E-state index contributed by atoms with van der Waals surface area (Å²) in [6.45, 7) is 3.61. The molecule has 0 radical (unpaired) electrons. The van der Waals surface area contributed by atoms with Gasteiger partial charge in [-0.3, -0.25) is 9.69 Å². The van der Waals surface area contributed by atoms with Gasteiger partial charge in [0, 0.05) is 33.3 Å². The average molecular weight is 306 g/mol. The molecule has 3 rings (SSSR count). The molecule has 0 aromatic carbocycles. The van der Waals surface area contributed by atoms with Gasteiger partial charge in [-0.2, -0.15) is 0 Å². The minimum Gasteiger partial charge on any atom is -0.459 e. The second-order valence-corrected chi connectivity index (χ2v) is 5.07. The molecule has 0 N–H and O–H groups in total. The Morgan fingerprint density at radius 1 is 1.32 bits per heavy atom. The number of furan rings is 1. The molecule has 0 unspecified atom stereocenters. The number of rotatable bonds is 5. The first-order chi connectivity index (χ1) is 10.8. The summed E-state index contributed by atoms with van der Waals surface area (Å²) in [5, 5.41) is 8.00. The lowest BCUT2D eigenvalue weighted by Crippen LogP contribution is -2.49. The zero-order valence-corrected chi connectivity index (χ0v) is 12.4. The molecule has 1 amide bonds. The zero-order chi connectivity index (χ0) is 15.4. The van der Waals surface area contributed by atoms with Crippen molar-refractivity contribution in [2.24, 2.45) is 0 Å². The van der Waals surface area contributed by atoms with Gasteiger partial charge in [0.2, 0.25) is 11.8 Å². The molecule has 1 aliphatic rings. The minimum absolute atomic E-state index is 0.0278. The van der Waals surface area contributed by atoms with Crippen molar-refractivity contribution in [1.29, 1.82) is 0 Å². The van der Waals surface area contributed by atoms with E-state index in [2.05, 4.69) is 15.1 Å². The summed E-state index contributed by atoms with van der Waals surface area (Å²) in [7, 11) is 1.53. The second kappa shape index (κ2) is 6.71. The van der Waals surface area contributed by atoms with E-state index < -0.39 is 0 Å². The highest BCUT2D eigenvalue weighted by molar-refractivity contribution is 5.77. The molecule has 8 nitrogen and oxygen atoms in total. The van der Waals surface area contributed by atoms with Gasteiger partial charge in [0.15, 0.2) is 5.76 Å². The Morgan fingerprint density at radius 2 is 2.14 bits per heavy atom. The van der Waals surface area contributed by atoms with Crippen LogP contribution in [0.2, 0.25) is 0 Å². The molecule has 3 heterocycles. The van der Waals surface area contributed by atoms with Crippen LogP contribution in [0.4, 0.5) is 0 Å². The first kappa shape index (κ1) is 14.7. The number of amides is 1. The van der Waals surface area contributed by atoms with E-state index >= 15 is 0 Å². The summed E-state index contributed by atoms with van der Waals surface area (Å²) in [5.74, 6) is 1.52. The van der Waals surface area contributed by atoms with Gasteiger partial charge in [0.25, 0.3) is 5.89 Å². The van der Waals surface area contributed by atoms with Gasteiger partial charge >= 0.3 is 0 Å². The van der Waals surface area contributed by atoms with Crippen molar-refractivity contribution in [1.82, 2.24) is 20.0 Å². The van der Waals surface area contributed by atoms with Crippen LogP contribution in [0.15, 0.2) is 27.2 Å². The van der Waals surface area contributed by atoms with E-state index in [0.717, 1.165) is 13.1 Å². The SMILES string of the molecule is COCC(=O)N1CCN(Cc2nnc(-c3ccco3)o2)CC1. The van der Waals surface area contributed by atoms with Crippen molar-refractivity contribution < 1.29 is 18.4 Å². The normalized spacial score (nSPS) is 16.1. The van der Waals surface area contributed by atoms with Crippen LogP contribution in [-0.2, 0) is 16.1 Å². The van der Waals surface area contributed by atoms with Gasteiger partial charge in [-0.05, 0) is 12.1 Å². The molecule has 2 aromatic heterocycles. The summed E-state index contributed by atoms with van der Waals surface area (Å²) in [6.07, 6.45) is 1.56. The molecule has 1 saturated heterocycles. The van der Waals surface area contributed by atoms with Crippen molar-refractivity contribution in [3.05, 3.63) is 24.3 Å². The van der Waals surface area contributed by atoms with Crippen molar-refractivity contribution >= 4 is 5.91 Å². The quantitative estimate of drug-likeness (QED) is 0.800. The van der Waals surface area contributed by atoms with Gasteiger partial charge in [-0.25, -0.2) is 0 Å². The Labute approximate surface area is 127 Å². The molecule has 0 atom stereocenters. The number of hydrogen-bond donors (Lipinski definition) is 0. The van der Waals surface area contributed by atoms with E-state index in [9.17, 15) is 4.79 Å².